The van der Waals surface area contributed by atoms with Crippen LogP contribution in [0.1, 0.15) is 12.8 Å². The van der Waals surface area contributed by atoms with Crippen molar-refractivity contribution in [1.82, 2.24) is 9.79 Å². The van der Waals surface area contributed by atoms with Crippen LogP contribution in [0.5, 0.6) is 0 Å². The van der Waals surface area contributed by atoms with Gasteiger partial charge in [-0.1, -0.05) is 11.6 Å². The molecule has 2 N–H and O–H groups in total. The molecule has 0 bridgehead atoms. The molecule has 1 saturated heterocycles. The maximum absolute atomic E-state index is 13.2. The minimum Gasteiger partial charge on any atom is -0.477 e. The smallest absolute Gasteiger partial charge is 0.354 e. The van der Waals surface area contributed by atoms with E-state index in [-0.39, 0.29) is 28.7 Å². The average Bonchev–Trinajstić information content (AvgIpc) is 2.94. The minimum absolute atomic E-state index is 0.0587. The zero-order valence-corrected chi connectivity index (χ0v) is 13.9. The van der Waals surface area contributed by atoms with Crippen molar-refractivity contribution in [2.45, 2.75) is 23.3 Å². The number of halogens is 2. The number of hydrogen-bond donors (Lipinski definition) is 2. The zero-order valence-electron chi connectivity index (χ0n) is 12.3. The molecule has 1 spiro atoms. The molecule has 0 unspecified atom stereocenters. The molecule has 0 aromatic heterocycles. The van der Waals surface area contributed by atoms with Crippen LogP contribution >= 0.6 is 11.6 Å². The van der Waals surface area contributed by atoms with E-state index in [1.165, 1.54) is 10.4 Å². The molecule has 7 nitrogen and oxygen atoms in total. The Bertz CT molecular complexity index is 818. The number of hydroxylamine groups is 1. The molecule has 2 aliphatic heterocycles. The lowest BCUT2D eigenvalue weighted by Gasteiger charge is -2.35. The molecule has 0 atom stereocenters. The van der Waals surface area contributed by atoms with Crippen LogP contribution in [0.4, 0.5) is 4.39 Å². The van der Waals surface area contributed by atoms with Gasteiger partial charge in [0.2, 0.25) is 10.0 Å². The Morgan fingerprint density at radius 1 is 1.38 bits per heavy atom. The van der Waals surface area contributed by atoms with Crippen molar-refractivity contribution in [1.29, 1.82) is 0 Å². The predicted octanol–water partition coefficient (Wildman–Crippen LogP) is 1.51. The monoisotopic (exact) mass is 376 g/mol. The van der Waals surface area contributed by atoms with E-state index in [1.54, 1.807) is 0 Å². The zero-order chi connectivity index (χ0) is 17.5. The molecular weight excluding hydrogens is 363 g/mol. The number of benzene rings is 1. The summed E-state index contributed by atoms with van der Waals surface area (Å²) in [5, 5.41) is 8.68. The summed E-state index contributed by atoms with van der Waals surface area (Å²) in [6.07, 6.45) is 2.06. The molecule has 1 fully saturated rings. The standard InChI is InChI=1S/C14H14ClFN2O5S/c15-10-7-9(1-2-11(10)16)24(21,22)18-5-3-14(4-6-18)8-12(13(19)20)17-23-14/h1-2,7-8,17H,3-6H2,(H,19,20). The van der Waals surface area contributed by atoms with Gasteiger partial charge in [-0.3, -0.25) is 10.3 Å². The Labute approximate surface area is 142 Å². The molecule has 130 valence electrons. The van der Waals surface area contributed by atoms with E-state index in [0.717, 1.165) is 18.2 Å². The second-order valence-electron chi connectivity index (χ2n) is 5.61. The fourth-order valence-electron chi connectivity index (χ4n) is 2.72. The third-order valence-electron chi connectivity index (χ3n) is 4.10. The van der Waals surface area contributed by atoms with E-state index in [2.05, 4.69) is 5.48 Å². The average molecular weight is 377 g/mol. The van der Waals surface area contributed by atoms with Gasteiger partial charge in [-0.15, -0.1) is 0 Å². The number of nitrogens with zero attached hydrogens (tertiary/aromatic N) is 1. The third kappa shape index (κ3) is 3.00. The molecule has 10 heteroatoms. The molecule has 0 amide bonds. The lowest BCUT2D eigenvalue weighted by atomic mass is 9.92. The van der Waals surface area contributed by atoms with Crippen LogP contribution in [0, 0.1) is 5.82 Å². The number of rotatable bonds is 3. The normalized spacial score (nSPS) is 20.7. The molecule has 0 aliphatic carbocycles. The van der Waals surface area contributed by atoms with E-state index >= 15 is 0 Å². The van der Waals surface area contributed by atoms with Gasteiger partial charge in [0.05, 0.1) is 9.92 Å². The van der Waals surface area contributed by atoms with Gasteiger partial charge >= 0.3 is 5.97 Å². The summed E-state index contributed by atoms with van der Waals surface area (Å²) in [6, 6.07) is 3.25. The van der Waals surface area contributed by atoms with Gasteiger partial charge in [-0.2, -0.15) is 4.31 Å². The molecule has 3 rings (SSSR count). The Balaban J connectivity index is 1.77. The van der Waals surface area contributed by atoms with Crippen LogP contribution in [0.3, 0.4) is 0 Å². The maximum atomic E-state index is 13.2. The number of aliphatic carboxylic acids is 1. The van der Waals surface area contributed by atoms with E-state index < -0.39 is 27.4 Å². The van der Waals surface area contributed by atoms with Crippen molar-refractivity contribution in [2.24, 2.45) is 0 Å². The van der Waals surface area contributed by atoms with Crippen molar-refractivity contribution in [3.63, 3.8) is 0 Å². The van der Waals surface area contributed by atoms with E-state index in [4.69, 9.17) is 21.5 Å². The van der Waals surface area contributed by atoms with Crippen molar-refractivity contribution in [2.75, 3.05) is 13.1 Å². The van der Waals surface area contributed by atoms with Crippen LogP contribution in [0.25, 0.3) is 0 Å². The van der Waals surface area contributed by atoms with Crippen LogP contribution < -0.4 is 5.48 Å². The molecule has 0 radical (unpaired) electrons. The summed E-state index contributed by atoms with van der Waals surface area (Å²) in [6.45, 7) is 0.283. The van der Waals surface area contributed by atoms with Crippen molar-refractivity contribution >= 4 is 27.6 Å². The van der Waals surface area contributed by atoms with Gasteiger partial charge in [0.25, 0.3) is 0 Å². The van der Waals surface area contributed by atoms with Crippen LogP contribution in [-0.2, 0) is 19.7 Å². The quantitative estimate of drug-likeness (QED) is 0.830. The third-order valence-corrected chi connectivity index (χ3v) is 6.28. The second kappa shape index (κ2) is 5.99. The Hall–Kier alpha value is -1.68. The SMILES string of the molecule is O=C(O)C1=CC2(CCN(S(=O)(=O)c3ccc(F)c(Cl)c3)CC2)ON1. The highest BCUT2D eigenvalue weighted by atomic mass is 35.5. The van der Waals surface area contributed by atoms with Gasteiger partial charge in [-0.05, 0) is 37.1 Å². The van der Waals surface area contributed by atoms with Crippen molar-refractivity contribution in [3.05, 3.63) is 40.8 Å². The Morgan fingerprint density at radius 3 is 2.58 bits per heavy atom. The molecular formula is C14H14ClFN2O5S. The number of nitrogens with one attached hydrogen (secondary N) is 1. The van der Waals surface area contributed by atoms with Gasteiger partial charge in [0.15, 0.2) is 0 Å². The van der Waals surface area contributed by atoms with Crippen LogP contribution in [-0.4, -0.2) is 42.5 Å². The van der Waals surface area contributed by atoms with Gasteiger partial charge in [0.1, 0.15) is 17.1 Å². The number of sulfonamides is 1. The lowest BCUT2D eigenvalue weighted by Crippen LogP contribution is -2.46. The molecule has 24 heavy (non-hydrogen) atoms. The van der Waals surface area contributed by atoms with Gasteiger partial charge in [-0.25, -0.2) is 17.6 Å². The second-order valence-corrected chi connectivity index (χ2v) is 7.96. The summed E-state index contributed by atoms with van der Waals surface area (Å²) in [4.78, 5) is 16.2. The predicted molar refractivity (Wildman–Crippen MR) is 82.1 cm³/mol. The summed E-state index contributed by atoms with van der Waals surface area (Å²) >= 11 is 5.65. The summed E-state index contributed by atoms with van der Waals surface area (Å²) in [7, 11) is -3.81. The first-order valence-electron chi connectivity index (χ1n) is 7.09. The first kappa shape index (κ1) is 17.2. The number of hydrogen-bond acceptors (Lipinski definition) is 5. The summed E-state index contributed by atoms with van der Waals surface area (Å²) in [5.74, 6) is -1.83. The van der Waals surface area contributed by atoms with E-state index in [1.807, 2.05) is 0 Å². The molecule has 2 heterocycles. The first-order chi connectivity index (χ1) is 11.2. The highest BCUT2D eigenvalue weighted by Crippen LogP contribution is 2.34. The van der Waals surface area contributed by atoms with Crippen molar-refractivity contribution in [3.8, 4) is 0 Å². The largest absolute Gasteiger partial charge is 0.477 e. The summed E-state index contributed by atoms with van der Waals surface area (Å²) < 4.78 is 39.7. The lowest BCUT2D eigenvalue weighted by molar-refractivity contribution is -0.135. The van der Waals surface area contributed by atoms with E-state index in [0.29, 0.717) is 12.8 Å². The number of carboxylic acid groups (broad SMARTS) is 1. The van der Waals surface area contributed by atoms with Crippen LogP contribution in [0.15, 0.2) is 34.9 Å². The highest BCUT2D eigenvalue weighted by molar-refractivity contribution is 7.89. The van der Waals surface area contributed by atoms with Crippen molar-refractivity contribution < 1.29 is 27.5 Å². The number of carboxylic acids is 1. The van der Waals surface area contributed by atoms with Gasteiger partial charge in [0, 0.05) is 13.1 Å². The minimum atomic E-state index is -3.81. The van der Waals surface area contributed by atoms with E-state index in [9.17, 15) is 17.6 Å². The maximum Gasteiger partial charge on any atom is 0.354 e. The molecule has 2 aliphatic rings. The Kier molecular flexibility index (Phi) is 4.28. The van der Waals surface area contributed by atoms with Crippen LogP contribution in [0.2, 0.25) is 5.02 Å². The molecule has 1 aromatic rings. The fourth-order valence-corrected chi connectivity index (χ4v) is 4.44. The number of piperidine rings is 1. The molecule has 0 saturated carbocycles. The fraction of sp³-hybridized carbons (Fsp3) is 0.357. The molecule has 1 aromatic carbocycles. The summed E-state index contributed by atoms with van der Waals surface area (Å²) in [5.41, 5.74) is 1.46. The number of carbonyl (C=O) groups is 1. The highest BCUT2D eigenvalue weighted by Gasteiger charge is 2.42. The first-order valence-corrected chi connectivity index (χ1v) is 8.91. The Morgan fingerprint density at radius 2 is 2.04 bits per heavy atom. The van der Waals surface area contributed by atoms with Gasteiger partial charge < -0.3 is 5.11 Å². The topological polar surface area (TPSA) is 95.9 Å².